The molecule has 1 aliphatic carbocycles. The van der Waals surface area contributed by atoms with Gasteiger partial charge >= 0.3 is 0 Å². The van der Waals surface area contributed by atoms with Crippen molar-refractivity contribution in [2.24, 2.45) is 10.7 Å². The number of hydrogen-bond donors (Lipinski definition) is 2. The molecular weight excluding hydrogens is 377 g/mol. The normalized spacial score (nSPS) is 13.7. The molecule has 0 spiro atoms. The number of guanidine groups is 1. The lowest BCUT2D eigenvalue weighted by atomic mass is 10.1. The van der Waals surface area contributed by atoms with E-state index in [0.717, 1.165) is 38.1 Å². The van der Waals surface area contributed by atoms with Crippen LogP contribution in [0.25, 0.3) is 0 Å². The first-order chi connectivity index (χ1) is 9.79. The quantitative estimate of drug-likeness (QED) is 0.318. The van der Waals surface area contributed by atoms with Crippen molar-refractivity contribution in [2.45, 2.75) is 38.5 Å². The van der Waals surface area contributed by atoms with Gasteiger partial charge in [-0.15, -0.1) is 24.0 Å². The second-order valence-corrected chi connectivity index (χ2v) is 5.28. The summed E-state index contributed by atoms with van der Waals surface area (Å²) in [5, 5.41) is 3.18. The second-order valence-electron chi connectivity index (χ2n) is 5.28. The average molecular weight is 403 g/mol. The molecule has 0 bridgehead atoms. The van der Waals surface area contributed by atoms with Crippen LogP contribution in [-0.2, 0) is 17.6 Å². The van der Waals surface area contributed by atoms with Gasteiger partial charge in [0.25, 0.3) is 0 Å². The fourth-order valence-corrected chi connectivity index (χ4v) is 2.57. The van der Waals surface area contributed by atoms with Gasteiger partial charge in [0.05, 0.1) is 0 Å². The van der Waals surface area contributed by atoms with Gasteiger partial charge in [-0.1, -0.05) is 6.07 Å². The molecule has 0 radical (unpaired) electrons. The van der Waals surface area contributed by atoms with E-state index in [1.54, 1.807) is 7.11 Å². The van der Waals surface area contributed by atoms with E-state index < -0.39 is 0 Å². The zero-order valence-electron chi connectivity index (χ0n) is 12.7. The standard InChI is InChI=1S/C16H25N3O.HI/c1-20-11-4-2-3-10-18-16(17)19-15-9-8-13-6-5-7-14(13)12-15;/h8-9,12H,2-7,10-11H2,1H3,(H3,17,18,19);1H. The van der Waals surface area contributed by atoms with Gasteiger partial charge in [-0.25, -0.2) is 0 Å². The summed E-state index contributed by atoms with van der Waals surface area (Å²) in [7, 11) is 1.73. The van der Waals surface area contributed by atoms with Crippen molar-refractivity contribution >= 4 is 35.6 Å². The van der Waals surface area contributed by atoms with Gasteiger partial charge in [0.2, 0.25) is 0 Å². The van der Waals surface area contributed by atoms with E-state index in [4.69, 9.17) is 10.5 Å². The highest BCUT2D eigenvalue weighted by atomic mass is 127. The minimum atomic E-state index is 0. The van der Waals surface area contributed by atoms with E-state index in [2.05, 4.69) is 28.5 Å². The zero-order chi connectivity index (χ0) is 14.2. The molecule has 2 rings (SSSR count). The number of anilines is 1. The summed E-state index contributed by atoms with van der Waals surface area (Å²) in [4.78, 5) is 4.35. The summed E-state index contributed by atoms with van der Waals surface area (Å²) < 4.78 is 5.01. The second kappa shape index (κ2) is 10.00. The maximum absolute atomic E-state index is 5.91. The van der Waals surface area contributed by atoms with Crippen LogP contribution in [0.15, 0.2) is 23.2 Å². The molecule has 0 saturated carbocycles. The molecule has 0 heterocycles. The fourth-order valence-electron chi connectivity index (χ4n) is 2.57. The molecule has 118 valence electrons. The highest BCUT2D eigenvalue weighted by molar-refractivity contribution is 14.0. The molecule has 0 saturated heterocycles. The third-order valence-electron chi connectivity index (χ3n) is 3.66. The molecule has 1 aliphatic rings. The molecule has 4 nitrogen and oxygen atoms in total. The number of unbranched alkanes of at least 4 members (excludes halogenated alkanes) is 2. The molecule has 0 aromatic heterocycles. The van der Waals surface area contributed by atoms with E-state index in [-0.39, 0.29) is 24.0 Å². The van der Waals surface area contributed by atoms with Crippen LogP contribution in [0.4, 0.5) is 5.69 Å². The predicted octanol–water partition coefficient (Wildman–Crippen LogP) is 3.34. The minimum absolute atomic E-state index is 0. The Bertz CT molecular complexity index is 463. The maximum atomic E-state index is 5.91. The van der Waals surface area contributed by atoms with Gasteiger partial charge < -0.3 is 15.8 Å². The number of aliphatic imine (C=N–C) groups is 1. The summed E-state index contributed by atoms with van der Waals surface area (Å²) in [6, 6.07) is 6.48. The van der Waals surface area contributed by atoms with Crippen molar-refractivity contribution in [3.63, 3.8) is 0 Å². The predicted molar refractivity (Wildman–Crippen MR) is 99.7 cm³/mol. The molecule has 21 heavy (non-hydrogen) atoms. The number of nitrogens with one attached hydrogen (secondary N) is 1. The monoisotopic (exact) mass is 403 g/mol. The Morgan fingerprint density at radius 1 is 1.24 bits per heavy atom. The number of nitrogens with zero attached hydrogens (tertiary/aromatic N) is 1. The first kappa shape index (κ1) is 18.2. The molecule has 0 atom stereocenters. The molecular formula is C16H26IN3O. The molecule has 0 amide bonds. The molecule has 0 fully saturated rings. The van der Waals surface area contributed by atoms with Crippen molar-refractivity contribution in [3.8, 4) is 0 Å². The SMILES string of the molecule is COCCCCCN=C(N)Nc1ccc2c(c1)CCC2.I. The van der Waals surface area contributed by atoms with Crippen molar-refractivity contribution in [1.29, 1.82) is 0 Å². The Labute approximate surface area is 144 Å². The van der Waals surface area contributed by atoms with Crippen LogP contribution >= 0.6 is 24.0 Å². The summed E-state index contributed by atoms with van der Waals surface area (Å²) in [6.07, 6.45) is 6.93. The Kier molecular flexibility index (Phi) is 8.68. The maximum Gasteiger partial charge on any atom is 0.193 e. The van der Waals surface area contributed by atoms with Gasteiger partial charge in [0.1, 0.15) is 0 Å². The van der Waals surface area contributed by atoms with Crippen LogP contribution in [0.1, 0.15) is 36.8 Å². The smallest absolute Gasteiger partial charge is 0.193 e. The lowest BCUT2D eigenvalue weighted by Gasteiger charge is -2.08. The lowest BCUT2D eigenvalue weighted by molar-refractivity contribution is 0.192. The fraction of sp³-hybridized carbons (Fsp3) is 0.562. The van der Waals surface area contributed by atoms with Gasteiger partial charge in [-0.3, -0.25) is 4.99 Å². The number of methoxy groups -OCH3 is 1. The zero-order valence-corrected chi connectivity index (χ0v) is 15.1. The van der Waals surface area contributed by atoms with E-state index in [9.17, 15) is 0 Å². The Morgan fingerprint density at radius 2 is 2.05 bits per heavy atom. The summed E-state index contributed by atoms with van der Waals surface area (Å²) in [5.41, 5.74) is 9.88. The molecule has 1 aromatic rings. The largest absolute Gasteiger partial charge is 0.385 e. The third kappa shape index (κ3) is 6.22. The molecule has 0 aliphatic heterocycles. The van der Waals surface area contributed by atoms with Crippen LogP contribution in [0.3, 0.4) is 0 Å². The van der Waals surface area contributed by atoms with E-state index in [1.807, 2.05) is 0 Å². The number of benzene rings is 1. The van der Waals surface area contributed by atoms with Crippen molar-refractivity contribution in [2.75, 3.05) is 25.6 Å². The highest BCUT2D eigenvalue weighted by Crippen LogP contribution is 2.24. The van der Waals surface area contributed by atoms with Gasteiger partial charge in [-0.2, -0.15) is 0 Å². The summed E-state index contributed by atoms with van der Waals surface area (Å²) in [5.74, 6) is 0.509. The number of nitrogens with two attached hydrogens (primary N) is 1. The molecule has 3 N–H and O–H groups in total. The van der Waals surface area contributed by atoms with E-state index in [1.165, 1.54) is 30.4 Å². The van der Waals surface area contributed by atoms with Gasteiger partial charge in [0, 0.05) is 25.9 Å². The third-order valence-corrected chi connectivity index (χ3v) is 3.66. The Morgan fingerprint density at radius 3 is 2.86 bits per heavy atom. The van der Waals surface area contributed by atoms with E-state index >= 15 is 0 Å². The van der Waals surface area contributed by atoms with Crippen LogP contribution in [-0.4, -0.2) is 26.2 Å². The van der Waals surface area contributed by atoms with Gasteiger partial charge in [-0.05, 0) is 61.8 Å². The number of halogens is 1. The topological polar surface area (TPSA) is 59.6 Å². The average Bonchev–Trinajstić information content (AvgIpc) is 2.90. The molecule has 5 heteroatoms. The number of hydrogen-bond acceptors (Lipinski definition) is 2. The Hall–Kier alpha value is -0.820. The number of ether oxygens (including phenoxy) is 1. The van der Waals surface area contributed by atoms with Crippen LogP contribution < -0.4 is 11.1 Å². The van der Waals surface area contributed by atoms with Crippen LogP contribution in [0, 0.1) is 0 Å². The summed E-state index contributed by atoms with van der Waals surface area (Å²) >= 11 is 0. The number of aryl methyl sites for hydroxylation is 2. The number of rotatable bonds is 7. The summed E-state index contributed by atoms with van der Waals surface area (Å²) in [6.45, 7) is 1.60. The van der Waals surface area contributed by atoms with Crippen molar-refractivity contribution in [3.05, 3.63) is 29.3 Å². The first-order valence-electron chi connectivity index (χ1n) is 7.47. The number of fused-ring (bicyclic) bond motifs is 1. The van der Waals surface area contributed by atoms with E-state index in [0.29, 0.717) is 5.96 Å². The Balaban J connectivity index is 0.00000220. The lowest BCUT2D eigenvalue weighted by Crippen LogP contribution is -2.22. The van der Waals surface area contributed by atoms with Crippen LogP contribution in [0.5, 0.6) is 0 Å². The van der Waals surface area contributed by atoms with Crippen molar-refractivity contribution < 1.29 is 4.74 Å². The highest BCUT2D eigenvalue weighted by Gasteiger charge is 2.10. The van der Waals surface area contributed by atoms with Crippen molar-refractivity contribution in [1.82, 2.24) is 0 Å². The van der Waals surface area contributed by atoms with Crippen LogP contribution in [0.2, 0.25) is 0 Å². The first-order valence-corrected chi connectivity index (χ1v) is 7.47. The minimum Gasteiger partial charge on any atom is -0.385 e. The van der Waals surface area contributed by atoms with Gasteiger partial charge in [0.15, 0.2) is 5.96 Å². The molecule has 0 unspecified atom stereocenters. The molecule has 1 aromatic carbocycles.